The lowest BCUT2D eigenvalue weighted by Gasteiger charge is -2.35. The number of hydrogen-bond acceptors (Lipinski definition) is 4. The minimum atomic E-state index is -0.746. The number of carbonyl (C=O) groups excluding carboxylic acids is 3. The molecule has 4 amide bonds. The van der Waals surface area contributed by atoms with Crippen molar-refractivity contribution in [3.05, 3.63) is 35.9 Å². The Hall–Kier alpha value is -2.12. The van der Waals surface area contributed by atoms with Crippen LogP contribution in [0, 0.1) is 0 Å². The van der Waals surface area contributed by atoms with Gasteiger partial charge in [-0.15, -0.1) is 12.4 Å². The Labute approximate surface area is 177 Å². The third-order valence-electron chi connectivity index (χ3n) is 6.72. The molecule has 158 valence electrons. The van der Waals surface area contributed by atoms with Gasteiger partial charge in [-0.2, -0.15) is 0 Å². The van der Waals surface area contributed by atoms with Gasteiger partial charge in [0.05, 0.1) is 0 Å². The molecule has 2 N–H and O–H groups in total. The molecule has 4 rings (SSSR count). The van der Waals surface area contributed by atoms with Gasteiger partial charge in [-0.05, 0) is 18.4 Å². The van der Waals surface area contributed by atoms with E-state index in [2.05, 4.69) is 0 Å². The lowest BCUT2D eigenvalue weighted by atomic mass is 9.81. The van der Waals surface area contributed by atoms with Gasteiger partial charge in [0.1, 0.15) is 12.1 Å². The van der Waals surface area contributed by atoms with Gasteiger partial charge in [-0.1, -0.05) is 49.6 Å². The van der Waals surface area contributed by atoms with Crippen LogP contribution in [0.3, 0.4) is 0 Å². The molecular weight excluding hydrogens is 392 g/mol. The third kappa shape index (κ3) is 3.62. The summed E-state index contributed by atoms with van der Waals surface area (Å²) in [6.07, 6.45) is 4.32. The molecule has 0 aromatic heterocycles. The van der Waals surface area contributed by atoms with E-state index in [1.54, 1.807) is 16.8 Å². The van der Waals surface area contributed by atoms with Crippen molar-refractivity contribution >= 4 is 30.3 Å². The predicted molar refractivity (Wildman–Crippen MR) is 112 cm³/mol. The molecule has 7 nitrogen and oxygen atoms in total. The first-order valence-electron chi connectivity index (χ1n) is 10.1. The quantitative estimate of drug-likeness (QED) is 0.757. The Morgan fingerprint density at radius 1 is 1.10 bits per heavy atom. The van der Waals surface area contributed by atoms with Crippen molar-refractivity contribution in [2.24, 2.45) is 5.73 Å². The number of urea groups is 1. The highest BCUT2D eigenvalue weighted by molar-refractivity contribution is 6.09. The first-order chi connectivity index (χ1) is 13.4. The Balaban J connectivity index is 0.00000240. The summed E-state index contributed by atoms with van der Waals surface area (Å²) in [6.45, 7) is 0.759. The van der Waals surface area contributed by atoms with E-state index < -0.39 is 5.54 Å². The van der Waals surface area contributed by atoms with Crippen LogP contribution in [0.2, 0.25) is 0 Å². The number of rotatable bonds is 3. The first-order valence-corrected chi connectivity index (χ1v) is 10.1. The number of likely N-dealkylation sites (tertiary alicyclic amines) is 1. The maximum atomic E-state index is 13.1. The molecular formula is C21H29ClN4O3. The fourth-order valence-electron chi connectivity index (χ4n) is 4.99. The van der Waals surface area contributed by atoms with Gasteiger partial charge in [0.2, 0.25) is 5.91 Å². The number of carbonyl (C=O) groups is 3. The second-order valence-corrected chi connectivity index (χ2v) is 8.30. The highest BCUT2D eigenvalue weighted by atomic mass is 35.5. The molecule has 2 heterocycles. The van der Waals surface area contributed by atoms with Crippen molar-refractivity contribution in [2.45, 2.75) is 49.6 Å². The molecule has 0 unspecified atom stereocenters. The van der Waals surface area contributed by atoms with Gasteiger partial charge < -0.3 is 15.5 Å². The largest absolute Gasteiger partial charge is 0.339 e. The Bertz CT molecular complexity index is 781. The minimum Gasteiger partial charge on any atom is -0.339 e. The number of nitrogens with two attached hydrogens (primary N) is 1. The highest BCUT2D eigenvalue weighted by Crippen LogP contribution is 2.39. The van der Waals surface area contributed by atoms with E-state index in [1.807, 2.05) is 30.3 Å². The molecule has 2 atom stereocenters. The Kier molecular flexibility index (Phi) is 6.19. The van der Waals surface area contributed by atoms with Crippen LogP contribution >= 0.6 is 12.4 Å². The molecule has 29 heavy (non-hydrogen) atoms. The number of hydrogen-bond donors (Lipinski definition) is 1. The lowest BCUT2D eigenvalue weighted by molar-refractivity contribution is -0.140. The molecule has 0 bridgehead atoms. The predicted octanol–water partition coefficient (Wildman–Crippen LogP) is 1.96. The summed E-state index contributed by atoms with van der Waals surface area (Å²) < 4.78 is 0. The normalized spacial score (nSPS) is 26.2. The first kappa shape index (κ1) is 21.6. The summed E-state index contributed by atoms with van der Waals surface area (Å²) in [6, 6.07) is 9.42. The van der Waals surface area contributed by atoms with Crippen LogP contribution in [0.15, 0.2) is 30.3 Å². The van der Waals surface area contributed by atoms with Gasteiger partial charge in [0, 0.05) is 32.1 Å². The van der Waals surface area contributed by atoms with E-state index in [4.69, 9.17) is 5.73 Å². The second kappa shape index (κ2) is 8.32. The number of amides is 4. The lowest BCUT2D eigenvalue weighted by Crippen LogP contribution is -2.49. The van der Waals surface area contributed by atoms with Crippen LogP contribution in [0.4, 0.5) is 4.79 Å². The van der Waals surface area contributed by atoms with Crippen LogP contribution in [-0.4, -0.2) is 70.8 Å². The van der Waals surface area contributed by atoms with Crippen molar-refractivity contribution in [3.63, 3.8) is 0 Å². The highest BCUT2D eigenvalue weighted by Gasteiger charge is 2.56. The summed E-state index contributed by atoms with van der Waals surface area (Å²) in [5, 5.41) is 0. The summed E-state index contributed by atoms with van der Waals surface area (Å²) >= 11 is 0. The van der Waals surface area contributed by atoms with E-state index in [9.17, 15) is 14.4 Å². The molecule has 0 radical (unpaired) electrons. The van der Waals surface area contributed by atoms with Crippen molar-refractivity contribution in [3.8, 4) is 0 Å². The van der Waals surface area contributed by atoms with E-state index in [0.717, 1.165) is 29.7 Å². The Morgan fingerprint density at radius 2 is 1.76 bits per heavy atom. The number of imide groups is 1. The average Bonchev–Trinajstić information content (AvgIpc) is 3.19. The van der Waals surface area contributed by atoms with E-state index in [0.29, 0.717) is 25.9 Å². The number of nitrogens with zero attached hydrogens (tertiary/aromatic N) is 3. The van der Waals surface area contributed by atoms with E-state index in [-0.39, 0.29) is 48.8 Å². The van der Waals surface area contributed by atoms with Crippen LogP contribution < -0.4 is 5.73 Å². The summed E-state index contributed by atoms with van der Waals surface area (Å²) in [7, 11) is 1.69. The fourth-order valence-corrected chi connectivity index (χ4v) is 4.99. The number of likely N-dealkylation sites (N-methyl/N-ethyl adjacent to an activating group) is 1. The fraction of sp³-hybridized carbons (Fsp3) is 0.571. The molecule has 3 fully saturated rings. The van der Waals surface area contributed by atoms with Crippen molar-refractivity contribution in [1.82, 2.24) is 14.7 Å². The SMILES string of the molecule is CN1C(=O)N(CC(=O)N2C[C@@H](N)[C@H](c3ccccc3)C2)C(=O)C12CCCCC2.Cl. The maximum absolute atomic E-state index is 13.1. The summed E-state index contributed by atoms with van der Waals surface area (Å²) in [5.74, 6) is -0.351. The molecule has 3 aliphatic rings. The Morgan fingerprint density at radius 3 is 2.41 bits per heavy atom. The maximum Gasteiger partial charge on any atom is 0.327 e. The number of benzene rings is 1. The van der Waals surface area contributed by atoms with E-state index in [1.165, 1.54) is 0 Å². The molecule has 1 aliphatic carbocycles. The van der Waals surface area contributed by atoms with Gasteiger partial charge in [0.25, 0.3) is 5.91 Å². The third-order valence-corrected chi connectivity index (χ3v) is 6.72. The van der Waals surface area contributed by atoms with E-state index >= 15 is 0 Å². The molecule has 1 spiro atoms. The molecule has 2 saturated heterocycles. The zero-order valence-corrected chi connectivity index (χ0v) is 17.6. The van der Waals surface area contributed by atoms with Crippen molar-refractivity contribution in [1.29, 1.82) is 0 Å². The number of halogens is 1. The van der Waals surface area contributed by atoms with Crippen LogP contribution in [0.5, 0.6) is 0 Å². The molecule has 2 aliphatic heterocycles. The van der Waals surface area contributed by atoms with Gasteiger partial charge >= 0.3 is 6.03 Å². The standard InChI is InChI=1S/C21H28N4O3.ClH/c1-23-20(28)25(19(27)21(23)10-6-3-7-11-21)14-18(26)24-12-16(17(22)13-24)15-8-4-2-5-9-15;/h2,4-5,8-9,16-17H,3,6-7,10-14,22H2,1H3;1H/t16-,17+;/m0./s1. The van der Waals surface area contributed by atoms with Gasteiger partial charge in [-0.3, -0.25) is 14.5 Å². The molecule has 1 aromatic carbocycles. The molecule has 1 saturated carbocycles. The second-order valence-electron chi connectivity index (χ2n) is 8.30. The topological polar surface area (TPSA) is 87.0 Å². The van der Waals surface area contributed by atoms with Gasteiger partial charge in [-0.25, -0.2) is 4.79 Å². The zero-order valence-electron chi connectivity index (χ0n) is 16.8. The van der Waals surface area contributed by atoms with Crippen molar-refractivity contribution < 1.29 is 14.4 Å². The average molecular weight is 421 g/mol. The van der Waals surface area contributed by atoms with Crippen LogP contribution in [0.25, 0.3) is 0 Å². The van der Waals surface area contributed by atoms with Crippen LogP contribution in [-0.2, 0) is 9.59 Å². The minimum absolute atomic E-state index is 0. The summed E-state index contributed by atoms with van der Waals surface area (Å²) in [5.41, 5.74) is 6.65. The smallest absolute Gasteiger partial charge is 0.327 e. The zero-order chi connectivity index (χ0) is 19.9. The van der Waals surface area contributed by atoms with Crippen LogP contribution in [0.1, 0.15) is 43.6 Å². The van der Waals surface area contributed by atoms with Crippen molar-refractivity contribution in [2.75, 3.05) is 26.7 Å². The monoisotopic (exact) mass is 420 g/mol. The molecule has 1 aromatic rings. The molecule has 8 heteroatoms. The summed E-state index contributed by atoms with van der Waals surface area (Å²) in [4.78, 5) is 43.1. The van der Waals surface area contributed by atoms with Gasteiger partial charge in [0.15, 0.2) is 0 Å².